The maximum atomic E-state index is 12.1. The number of urea groups is 1. The summed E-state index contributed by atoms with van der Waals surface area (Å²) in [6.45, 7) is 3.75. The Balaban J connectivity index is 1.51. The van der Waals surface area contributed by atoms with Crippen molar-refractivity contribution in [1.29, 1.82) is 0 Å². The molecule has 1 aliphatic carbocycles. The van der Waals surface area contributed by atoms with Gasteiger partial charge in [-0.3, -0.25) is 0 Å². The van der Waals surface area contributed by atoms with Crippen molar-refractivity contribution in [3.63, 3.8) is 0 Å². The Morgan fingerprint density at radius 1 is 1.42 bits per heavy atom. The number of carbonyl (C=O) groups excluding carboxylic acids is 1. The zero-order chi connectivity index (χ0) is 17.2. The largest absolute Gasteiger partial charge is 0.384 e. The van der Waals surface area contributed by atoms with E-state index in [0.717, 1.165) is 11.3 Å². The Morgan fingerprint density at radius 3 is 2.79 bits per heavy atom. The van der Waals surface area contributed by atoms with E-state index in [4.69, 9.17) is 0 Å². The molecule has 1 fully saturated rings. The second-order valence-electron chi connectivity index (χ2n) is 6.57. The predicted molar refractivity (Wildman–Crippen MR) is 95.1 cm³/mol. The molecule has 1 heterocycles. The molecule has 1 saturated carbocycles. The van der Waals surface area contributed by atoms with Crippen molar-refractivity contribution in [2.45, 2.75) is 44.2 Å². The van der Waals surface area contributed by atoms with E-state index in [2.05, 4.69) is 15.6 Å². The fourth-order valence-electron chi connectivity index (χ4n) is 2.49. The molecule has 6 heteroatoms. The Bertz CT molecular complexity index is 695. The lowest BCUT2D eigenvalue weighted by atomic mass is 9.96. The molecule has 2 amide bonds. The summed E-state index contributed by atoms with van der Waals surface area (Å²) in [4.78, 5) is 16.7. The molecule has 0 spiro atoms. The van der Waals surface area contributed by atoms with Gasteiger partial charge < -0.3 is 15.7 Å². The highest BCUT2D eigenvalue weighted by Gasteiger charge is 2.28. The Hall–Kier alpha value is -1.92. The van der Waals surface area contributed by atoms with Gasteiger partial charge in [0.05, 0.1) is 23.3 Å². The molecule has 0 bridgehead atoms. The maximum Gasteiger partial charge on any atom is 0.315 e. The molecule has 1 aliphatic rings. The molecule has 2 atom stereocenters. The van der Waals surface area contributed by atoms with Crippen molar-refractivity contribution >= 4 is 17.4 Å². The summed E-state index contributed by atoms with van der Waals surface area (Å²) in [5, 5.41) is 19.3. The lowest BCUT2D eigenvalue weighted by molar-refractivity contribution is 0.0593. The molecular weight excluding hydrogens is 322 g/mol. The van der Waals surface area contributed by atoms with Crippen LogP contribution in [0.2, 0.25) is 0 Å². The van der Waals surface area contributed by atoms with E-state index in [0.29, 0.717) is 5.92 Å². The molecule has 128 valence electrons. The zero-order valence-electron chi connectivity index (χ0n) is 14.0. The molecule has 1 aromatic carbocycles. The van der Waals surface area contributed by atoms with Gasteiger partial charge in [-0.05, 0) is 32.3 Å². The molecule has 2 aromatic rings. The topological polar surface area (TPSA) is 74.2 Å². The standard InChI is InChI=1S/C18H23N3O2S/c1-12(15-10-24-16(21-15)13-8-9-13)20-17(22)19-11-18(2,23)14-6-4-3-5-7-14/h3-7,10,12-13,23H,8-9,11H2,1-2H3,(H2,19,20,22)/t12-,18-/m1/s1. The fourth-order valence-corrected chi connectivity index (χ4v) is 3.58. The number of thiazole rings is 1. The number of hydrogen-bond donors (Lipinski definition) is 3. The number of nitrogens with one attached hydrogen (secondary N) is 2. The predicted octanol–water partition coefficient (Wildman–Crippen LogP) is 3.29. The third kappa shape index (κ3) is 4.13. The highest BCUT2D eigenvalue weighted by molar-refractivity contribution is 7.09. The van der Waals surface area contributed by atoms with Crippen LogP contribution in [0.3, 0.4) is 0 Å². The van der Waals surface area contributed by atoms with E-state index in [1.165, 1.54) is 17.8 Å². The minimum Gasteiger partial charge on any atom is -0.384 e. The number of rotatable bonds is 6. The summed E-state index contributed by atoms with van der Waals surface area (Å²) in [6, 6.07) is 8.85. The third-order valence-corrected chi connectivity index (χ3v) is 5.27. The number of hydrogen-bond acceptors (Lipinski definition) is 4. The number of carbonyl (C=O) groups is 1. The number of benzene rings is 1. The van der Waals surface area contributed by atoms with Gasteiger partial charge in [-0.15, -0.1) is 11.3 Å². The number of aromatic nitrogens is 1. The van der Waals surface area contributed by atoms with Crippen molar-refractivity contribution < 1.29 is 9.90 Å². The van der Waals surface area contributed by atoms with Crippen molar-refractivity contribution in [3.05, 3.63) is 52.0 Å². The van der Waals surface area contributed by atoms with E-state index in [1.807, 2.05) is 42.6 Å². The van der Waals surface area contributed by atoms with Gasteiger partial charge in [0, 0.05) is 11.3 Å². The zero-order valence-corrected chi connectivity index (χ0v) is 14.8. The number of nitrogens with zero attached hydrogens (tertiary/aromatic N) is 1. The Labute approximate surface area is 146 Å². The van der Waals surface area contributed by atoms with Crippen molar-refractivity contribution in [2.75, 3.05) is 6.54 Å². The van der Waals surface area contributed by atoms with Crippen molar-refractivity contribution in [3.8, 4) is 0 Å². The lowest BCUT2D eigenvalue weighted by Gasteiger charge is -2.24. The van der Waals surface area contributed by atoms with Gasteiger partial charge in [-0.2, -0.15) is 0 Å². The molecule has 0 radical (unpaired) electrons. The molecular formula is C18H23N3O2S. The molecule has 0 unspecified atom stereocenters. The highest BCUT2D eigenvalue weighted by Crippen LogP contribution is 2.41. The van der Waals surface area contributed by atoms with E-state index in [-0.39, 0.29) is 18.6 Å². The molecule has 3 N–H and O–H groups in total. The van der Waals surface area contributed by atoms with Gasteiger partial charge in [0.2, 0.25) is 0 Å². The Morgan fingerprint density at radius 2 is 2.12 bits per heavy atom. The van der Waals surface area contributed by atoms with E-state index in [1.54, 1.807) is 18.3 Å². The second kappa shape index (κ2) is 6.91. The number of amides is 2. The average molecular weight is 345 g/mol. The third-order valence-electron chi connectivity index (χ3n) is 4.25. The summed E-state index contributed by atoms with van der Waals surface area (Å²) < 4.78 is 0. The molecule has 24 heavy (non-hydrogen) atoms. The summed E-state index contributed by atoms with van der Waals surface area (Å²) in [5.74, 6) is 0.630. The molecule has 0 saturated heterocycles. The molecule has 3 rings (SSSR count). The lowest BCUT2D eigenvalue weighted by Crippen LogP contribution is -2.44. The van der Waals surface area contributed by atoms with Crippen LogP contribution in [0.15, 0.2) is 35.7 Å². The molecule has 0 aliphatic heterocycles. The van der Waals surface area contributed by atoms with E-state index in [9.17, 15) is 9.90 Å². The summed E-state index contributed by atoms with van der Waals surface area (Å²) in [6.07, 6.45) is 2.45. The monoisotopic (exact) mass is 345 g/mol. The van der Waals surface area contributed by atoms with Crippen LogP contribution in [0.4, 0.5) is 4.79 Å². The first-order valence-corrected chi connectivity index (χ1v) is 9.11. The fraction of sp³-hybridized carbons (Fsp3) is 0.444. The first kappa shape index (κ1) is 16.9. The SMILES string of the molecule is C[C@@H](NC(=O)NC[C@@](C)(O)c1ccccc1)c1csc(C2CC2)n1. The van der Waals surface area contributed by atoms with Crippen LogP contribution in [0.25, 0.3) is 0 Å². The van der Waals surface area contributed by atoms with Crippen LogP contribution in [-0.2, 0) is 5.60 Å². The van der Waals surface area contributed by atoms with Crippen LogP contribution in [0.5, 0.6) is 0 Å². The van der Waals surface area contributed by atoms with Gasteiger partial charge in [0.25, 0.3) is 0 Å². The van der Waals surface area contributed by atoms with Crippen molar-refractivity contribution in [1.82, 2.24) is 15.6 Å². The van der Waals surface area contributed by atoms with Crippen LogP contribution >= 0.6 is 11.3 Å². The number of aliphatic hydroxyl groups is 1. The van der Waals surface area contributed by atoms with Gasteiger partial charge >= 0.3 is 6.03 Å². The minimum atomic E-state index is -1.11. The Kier molecular flexibility index (Phi) is 4.87. The first-order valence-electron chi connectivity index (χ1n) is 8.23. The van der Waals surface area contributed by atoms with Gasteiger partial charge in [0.15, 0.2) is 0 Å². The highest BCUT2D eigenvalue weighted by atomic mass is 32.1. The van der Waals surface area contributed by atoms with E-state index < -0.39 is 5.60 Å². The molecule has 1 aromatic heterocycles. The maximum absolute atomic E-state index is 12.1. The van der Waals surface area contributed by atoms with Gasteiger partial charge in [0.1, 0.15) is 5.60 Å². The van der Waals surface area contributed by atoms with Gasteiger partial charge in [-0.25, -0.2) is 9.78 Å². The van der Waals surface area contributed by atoms with E-state index >= 15 is 0 Å². The van der Waals surface area contributed by atoms with Gasteiger partial charge in [-0.1, -0.05) is 30.3 Å². The molecule has 5 nitrogen and oxygen atoms in total. The normalized spacial score (nSPS) is 17.8. The van der Waals surface area contributed by atoms with Crippen LogP contribution in [0.1, 0.15) is 54.9 Å². The van der Waals surface area contributed by atoms with Crippen LogP contribution in [-0.4, -0.2) is 22.7 Å². The smallest absolute Gasteiger partial charge is 0.315 e. The summed E-state index contributed by atoms with van der Waals surface area (Å²) in [7, 11) is 0. The van der Waals surface area contributed by atoms with Crippen LogP contribution < -0.4 is 10.6 Å². The summed E-state index contributed by atoms with van der Waals surface area (Å²) >= 11 is 1.67. The quantitative estimate of drug-likeness (QED) is 0.752. The minimum absolute atomic E-state index is 0.139. The second-order valence-corrected chi connectivity index (χ2v) is 7.46. The average Bonchev–Trinajstić information content (AvgIpc) is 3.31. The van der Waals surface area contributed by atoms with Crippen LogP contribution in [0, 0.1) is 0 Å². The first-order chi connectivity index (χ1) is 11.5. The van der Waals surface area contributed by atoms with Crippen molar-refractivity contribution in [2.24, 2.45) is 0 Å². The summed E-state index contributed by atoms with van der Waals surface area (Å²) in [5.41, 5.74) is 0.556.